The van der Waals surface area contributed by atoms with Crippen LogP contribution in [-0.4, -0.2) is 77.9 Å². The standard InChI is InChI=1S/C27H39N3O6/c1-6-29(7-2)18-11-9-17(10-12-18)28-24(32)23-27-14-13-20(36-27)21(26(34)35-8-3)22(27)25(33)30(23)19(15-31)16(4)5/h9-12,16,19-23,31H,6-8,13-15H2,1-5H3,(H,28,32)/t19-,20+,21-,22-,23?,27?/m0/s1. The number of aliphatic hydroxyl groups excluding tert-OH is 1. The van der Waals surface area contributed by atoms with Gasteiger partial charge < -0.3 is 29.7 Å². The fourth-order valence-electron chi connectivity index (χ4n) is 6.43. The van der Waals surface area contributed by atoms with E-state index in [-0.39, 0.29) is 30.9 Å². The van der Waals surface area contributed by atoms with Gasteiger partial charge in [-0.15, -0.1) is 0 Å². The van der Waals surface area contributed by atoms with Crippen molar-refractivity contribution in [2.45, 2.75) is 71.2 Å². The van der Waals surface area contributed by atoms with Crippen molar-refractivity contribution in [3.05, 3.63) is 24.3 Å². The molecule has 2 unspecified atom stereocenters. The molecule has 0 saturated carbocycles. The first kappa shape index (κ1) is 26.4. The molecule has 2 N–H and O–H groups in total. The van der Waals surface area contributed by atoms with Crippen LogP contribution in [0.4, 0.5) is 11.4 Å². The monoisotopic (exact) mass is 501 g/mol. The molecule has 6 atom stereocenters. The van der Waals surface area contributed by atoms with Crippen LogP contribution in [0.3, 0.4) is 0 Å². The number of benzene rings is 1. The number of hydrogen-bond acceptors (Lipinski definition) is 7. The van der Waals surface area contributed by atoms with Gasteiger partial charge in [0.2, 0.25) is 11.8 Å². The second-order valence-electron chi connectivity index (χ2n) is 10.3. The normalized spacial score (nSPS) is 29.4. The van der Waals surface area contributed by atoms with Gasteiger partial charge in [0.25, 0.3) is 0 Å². The molecule has 198 valence electrons. The Balaban J connectivity index is 1.68. The molecular formula is C27H39N3O6. The summed E-state index contributed by atoms with van der Waals surface area (Å²) < 4.78 is 11.7. The highest BCUT2D eigenvalue weighted by Crippen LogP contribution is 2.59. The lowest BCUT2D eigenvalue weighted by atomic mass is 9.70. The van der Waals surface area contributed by atoms with E-state index < -0.39 is 41.6 Å². The molecule has 0 radical (unpaired) electrons. The summed E-state index contributed by atoms with van der Waals surface area (Å²) in [5.74, 6) is -2.79. The van der Waals surface area contributed by atoms with Gasteiger partial charge in [-0.1, -0.05) is 13.8 Å². The first-order chi connectivity index (χ1) is 17.2. The number of aliphatic hydroxyl groups is 1. The molecule has 3 heterocycles. The van der Waals surface area contributed by atoms with Crippen LogP contribution in [0.15, 0.2) is 24.3 Å². The third-order valence-corrected chi connectivity index (χ3v) is 8.12. The van der Waals surface area contributed by atoms with Gasteiger partial charge in [-0.25, -0.2) is 0 Å². The van der Waals surface area contributed by atoms with E-state index in [4.69, 9.17) is 9.47 Å². The molecule has 4 rings (SSSR count). The average molecular weight is 502 g/mol. The minimum Gasteiger partial charge on any atom is -0.466 e. The summed E-state index contributed by atoms with van der Waals surface area (Å²) in [5.41, 5.74) is 0.555. The highest BCUT2D eigenvalue weighted by atomic mass is 16.6. The number of fused-ring (bicyclic) bond motifs is 1. The Morgan fingerprint density at radius 1 is 1.22 bits per heavy atom. The predicted molar refractivity (Wildman–Crippen MR) is 135 cm³/mol. The summed E-state index contributed by atoms with van der Waals surface area (Å²) in [6.07, 6.45) is 0.625. The van der Waals surface area contributed by atoms with Crippen molar-refractivity contribution in [3.63, 3.8) is 0 Å². The zero-order chi connectivity index (χ0) is 26.2. The van der Waals surface area contributed by atoms with Crippen LogP contribution in [0.5, 0.6) is 0 Å². The van der Waals surface area contributed by atoms with Crippen molar-refractivity contribution in [3.8, 4) is 0 Å². The smallest absolute Gasteiger partial charge is 0.312 e. The Morgan fingerprint density at radius 2 is 1.89 bits per heavy atom. The van der Waals surface area contributed by atoms with Crippen LogP contribution in [0.25, 0.3) is 0 Å². The maximum atomic E-state index is 13.9. The summed E-state index contributed by atoms with van der Waals surface area (Å²) in [5, 5.41) is 13.2. The minimum atomic E-state index is -1.12. The molecule has 0 aliphatic carbocycles. The molecule has 2 amide bonds. The Hall–Kier alpha value is -2.65. The van der Waals surface area contributed by atoms with Crippen LogP contribution in [-0.2, 0) is 23.9 Å². The molecule has 3 fully saturated rings. The zero-order valence-electron chi connectivity index (χ0n) is 21.9. The quantitative estimate of drug-likeness (QED) is 0.474. The number of nitrogens with zero attached hydrogens (tertiary/aromatic N) is 2. The fourth-order valence-corrected chi connectivity index (χ4v) is 6.43. The van der Waals surface area contributed by atoms with E-state index >= 15 is 0 Å². The summed E-state index contributed by atoms with van der Waals surface area (Å²) in [4.78, 5) is 44.3. The van der Waals surface area contributed by atoms with Crippen molar-refractivity contribution in [2.75, 3.05) is 36.5 Å². The molecular weight excluding hydrogens is 462 g/mol. The van der Waals surface area contributed by atoms with Crippen LogP contribution in [0.1, 0.15) is 47.5 Å². The minimum absolute atomic E-state index is 0.101. The Bertz CT molecular complexity index is 978. The van der Waals surface area contributed by atoms with Crippen LogP contribution in [0, 0.1) is 17.8 Å². The van der Waals surface area contributed by atoms with E-state index in [1.807, 2.05) is 38.1 Å². The Labute approximate surface area is 213 Å². The summed E-state index contributed by atoms with van der Waals surface area (Å²) in [7, 11) is 0. The van der Waals surface area contributed by atoms with E-state index in [1.165, 1.54) is 4.90 Å². The molecule has 1 spiro atoms. The summed E-state index contributed by atoms with van der Waals surface area (Å²) in [6.45, 7) is 11.4. The van der Waals surface area contributed by atoms with E-state index in [2.05, 4.69) is 24.1 Å². The van der Waals surface area contributed by atoms with Gasteiger partial charge in [-0.3, -0.25) is 14.4 Å². The Morgan fingerprint density at radius 3 is 2.44 bits per heavy atom. The van der Waals surface area contributed by atoms with Crippen molar-refractivity contribution in [1.82, 2.24) is 4.90 Å². The zero-order valence-corrected chi connectivity index (χ0v) is 21.9. The SMILES string of the molecule is CCOC(=O)[C@@H]1[C@H]2C(=O)N([C@@H](CO)C(C)C)C(C(=O)Nc3ccc(N(CC)CC)cc3)C23CC[C@H]1O3. The number of ether oxygens (including phenoxy) is 2. The largest absolute Gasteiger partial charge is 0.466 e. The molecule has 3 saturated heterocycles. The molecule has 3 aliphatic heterocycles. The van der Waals surface area contributed by atoms with Crippen LogP contribution >= 0.6 is 0 Å². The number of hydrogen-bond donors (Lipinski definition) is 2. The van der Waals surface area contributed by atoms with Gasteiger partial charge >= 0.3 is 5.97 Å². The van der Waals surface area contributed by atoms with E-state index in [1.54, 1.807) is 6.92 Å². The van der Waals surface area contributed by atoms with E-state index in [0.29, 0.717) is 18.5 Å². The summed E-state index contributed by atoms with van der Waals surface area (Å²) in [6, 6.07) is 6.08. The molecule has 2 bridgehead atoms. The maximum Gasteiger partial charge on any atom is 0.312 e. The number of esters is 1. The number of amides is 2. The second kappa shape index (κ2) is 10.4. The van der Waals surface area contributed by atoms with Crippen molar-refractivity contribution in [1.29, 1.82) is 0 Å². The predicted octanol–water partition coefficient (Wildman–Crippen LogP) is 2.43. The molecule has 9 heteroatoms. The van der Waals surface area contributed by atoms with Gasteiger partial charge in [0, 0.05) is 24.5 Å². The van der Waals surface area contributed by atoms with Crippen molar-refractivity contribution in [2.24, 2.45) is 17.8 Å². The van der Waals surface area contributed by atoms with Gasteiger partial charge in [0.1, 0.15) is 11.6 Å². The number of likely N-dealkylation sites (tertiary alicyclic amines) is 1. The Kier molecular flexibility index (Phi) is 7.61. The number of carbonyl (C=O) groups excluding carboxylic acids is 3. The topological polar surface area (TPSA) is 108 Å². The van der Waals surface area contributed by atoms with Gasteiger partial charge in [0.05, 0.1) is 37.2 Å². The number of carbonyl (C=O) groups is 3. The average Bonchev–Trinajstić information content (AvgIpc) is 3.49. The summed E-state index contributed by atoms with van der Waals surface area (Å²) >= 11 is 0. The molecule has 3 aliphatic rings. The maximum absolute atomic E-state index is 13.9. The number of rotatable bonds is 10. The number of nitrogens with one attached hydrogen (secondary N) is 1. The lowest BCUT2D eigenvalue weighted by Gasteiger charge is -2.38. The van der Waals surface area contributed by atoms with Crippen LogP contribution in [0.2, 0.25) is 0 Å². The third-order valence-electron chi connectivity index (χ3n) is 8.12. The van der Waals surface area contributed by atoms with Gasteiger partial charge in [-0.05, 0) is 63.8 Å². The van der Waals surface area contributed by atoms with Crippen molar-refractivity contribution >= 4 is 29.2 Å². The lowest BCUT2D eigenvalue weighted by molar-refractivity contribution is -0.155. The molecule has 9 nitrogen and oxygen atoms in total. The second-order valence-corrected chi connectivity index (χ2v) is 10.3. The molecule has 36 heavy (non-hydrogen) atoms. The third kappa shape index (κ3) is 4.16. The fraction of sp³-hybridized carbons (Fsp3) is 0.667. The highest BCUT2D eigenvalue weighted by molar-refractivity contribution is 6.03. The van der Waals surface area contributed by atoms with Crippen molar-refractivity contribution < 1.29 is 29.0 Å². The highest BCUT2D eigenvalue weighted by Gasteiger charge is 2.75. The molecule has 1 aromatic rings. The van der Waals surface area contributed by atoms with E-state index in [9.17, 15) is 19.5 Å². The van der Waals surface area contributed by atoms with E-state index in [0.717, 1.165) is 18.8 Å². The van der Waals surface area contributed by atoms with Gasteiger partial charge in [0.15, 0.2) is 0 Å². The van der Waals surface area contributed by atoms with Crippen LogP contribution < -0.4 is 10.2 Å². The lowest BCUT2D eigenvalue weighted by Crippen LogP contribution is -2.57. The first-order valence-corrected chi connectivity index (χ1v) is 13.2. The first-order valence-electron chi connectivity index (χ1n) is 13.2. The molecule has 0 aromatic heterocycles. The molecule has 1 aromatic carbocycles. The van der Waals surface area contributed by atoms with Gasteiger partial charge in [-0.2, -0.15) is 0 Å². The number of anilines is 2.